The number of rotatable bonds is 11. The molecule has 0 fully saturated rings. The fourth-order valence-corrected chi connectivity index (χ4v) is 8.00. The highest BCUT2D eigenvalue weighted by Gasteiger charge is 2.08. The fraction of sp³-hybridized carbons (Fsp3) is 0.500. The van der Waals surface area contributed by atoms with E-state index in [0.717, 1.165) is 23.3 Å². The van der Waals surface area contributed by atoms with Crippen molar-refractivity contribution in [1.29, 1.82) is 0 Å². The molecule has 0 N–H and O–H groups in total. The quantitative estimate of drug-likeness (QED) is 0.129. The Balaban J connectivity index is 0.000000290. The van der Waals surface area contributed by atoms with Crippen LogP contribution in [0, 0.1) is 27.7 Å². The number of hydrogen-bond donors (Lipinski definition) is 0. The molecule has 7 heterocycles. The molecule has 12 heteroatoms. The third kappa shape index (κ3) is 21.6. The Kier molecular flexibility index (Phi) is 28.2. The van der Waals surface area contributed by atoms with E-state index in [1.165, 1.54) is 46.1 Å². The molecule has 8 aromatic rings. The lowest BCUT2D eigenvalue weighted by molar-refractivity contribution is 0.564. The monoisotopic (exact) mass is 1050 g/mol. The van der Waals surface area contributed by atoms with Crippen LogP contribution in [0.25, 0.3) is 11.4 Å². The number of aryl methyl sites for hydroxylation is 6. The third-order valence-corrected chi connectivity index (χ3v) is 12.0. The topological polar surface area (TPSA) is 86.1 Å². The smallest absolute Gasteiger partial charge is 0.140 e. The Hall–Kier alpha value is -5.62. The van der Waals surface area contributed by atoms with Crippen LogP contribution in [0.3, 0.4) is 0 Å². The van der Waals surface area contributed by atoms with Crippen LogP contribution >= 0.6 is 15.9 Å². The Morgan fingerprint density at radius 2 is 0.972 bits per heavy atom. The van der Waals surface area contributed by atoms with Gasteiger partial charge in [-0.2, -0.15) is 0 Å². The predicted molar refractivity (Wildman–Crippen MR) is 310 cm³/mol. The second-order valence-corrected chi connectivity index (χ2v) is 21.0. The largest absolute Gasteiger partial charge is 0.352 e. The molecule has 396 valence electrons. The average Bonchev–Trinajstić information content (AvgIpc) is 4.19. The standard InChI is InChI=1S/C12H14N2.C9H16N2.C9H15N.C8H14N2.2C8H13N.C6H9BrN2/c1-10(2)14-9-8-13-12(14)11-6-4-3-5-7-11;1-4-5-9-10-6-7-11(9)8(2)3;1-7(2)10-6-8(3)5-9(10)4;1-4-8-9-5-6-10(8)7(2)3;1-7(2)9-5-4-8(3)6-9;1-7(2)9-6-4-5-8(9)3;1-5(2)9-3-6(7)8-4-9/h3-10H,1-2H3;6-8H,4-5H2,1-3H3;5-7H,1-4H3;5-7H,4H2,1-3H3;2*4-7H,1-3H3;3-5H,1-2H3. The van der Waals surface area contributed by atoms with Gasteiger partial charge >= 0.3 is 0 Å². The molecule has 0 aliphatic rings. The van der Waals surface area contributed by atoms with Crippen LogP contribution in [-0.2, 0) is 12.8 Å². The Labute approximate surface area is 444 Å². The number of hydrogen-bond acceptors (Lipinski definition) is 4. The molecule has 8 rings (SSSR count). The van der Waals surface area contributed by atoms with Gasteiger partial charge in [0.15, 0.2) is 0 Å². The number of halogens is 1. The number of benzene rings is 1. The summed E-state index contributed by atoms with van der Waals surface area (Å²) in [5.74, 6) is 3.43. The van der Waals surface area contributed by atoms with Gasteiger partial charge in [0.05, 0.1) is 6.33 Å². The second kappa shape index (κ2) is 32.5. The SMILES string of the molecule is CC(C)n1ccnc1-c1ccccc1.CC(C)n1cnc(Br)c1.CCCc1nccn1C(C)C.CCc1nccn1C(C)C.Cc1cc(C)n(C(C)C)c1.Cc1cccn1C(C)C.Cc1ccn(C(C)C)c1. The van der Waals surface area contributed by atoms with Crippen molar-refractivity contribution in [3.8, 4) is 11.4 Å². The molecule has 72 heavy (non-hydrogen) atoms. The predicted octanol–water partition coefficient (Wildman–Crippen LogP) is 17.2. The summed E-state index contributed by atoms with van der Waals surface area (Å²) in [6.45, 7) is 43.2. The van der Waals surface area contributed by atoms with E-state index >= 15 is 0 Å². The maximum absolute atomic E-state index is 4.37. The van der Waals surface area contributed by atoms with Gasteiger partial charge in [-0.1, -0.05) is 44.2 Å². The van der Waals surface area contributed by atoms with Crippen molar-refractivity contribution < 1.29 is 0 Å². The van der Waals surface area contributed by atoms with E-state index in [0.29, 0.717) is 42.3 Å². The van der Waals surface area contributed by atoms with Crippen molar-refractivity contribution in [1.82, 2.24) is 51.9 Å². The van der Waals surface area contributed by atoms with Gasteiger partial charge in [0.25, 0.3) is 0 Å². The molecule has 0 radical (unpaired) electrons. The van der Waals surface area contributed by atoms with Crippen LogP contribution < -0.4 is 0 Å². The van der Waals surface area contributed by atoms with E-state index in [-0.39, 0.29) is 0 Å². The van der Waals surface area contributed by atoms with Crippen molar-refractivity contribution in [2.24, 2.45) is 0 Å². The summed E-state index contributed by atoms with van der Waals surface area (Å²) < 4.78 is 16.3. The van der Waals surface area contributed by atoms with Crippen LogP contribution in [0.4, 0.5) is 0 Å². The molecule has 0 unspecified atom stereocenters. The van der Waals surface area contributed by atoms with Crippen LogP contribution in [0.1, 0.15) is 194 Å². The van der Waals surface area contributed by atoms with Crippen molar-refractivity contribution >= 4 is 15.9 Å². The minimum absolute atomic E-state index is 0.452. The highest BCUT2D eigenvalue weighted by molar-refractivity contribution is 9.10. The zero-order valence-electron chi connectivity index (χ0n) is 48.1. The zero-order valence-corrected chi connectivity index (χ0v) is 49.7. The molecule has 0 atom stereocenters. The number of nitrogens with zero attached hydrogens (tertiary/aromatic N) is 11. The van der Waals surface area contributed by atoms with Gasteiger partial charge in [-0.15, -0.1) is 0 Å². The maximum Gasteiger partial charge on any atom is 0.140 e. The normalized spacial score (nSPS) is 10.8. The van der Waals surface area contributed by atoms with E-state index < -0.39 is 0 Å². The summed E-state index contributed by atoms with van der Waals surface area (Å²) >= 11 is 3.27. The molecular weight excluding hydrogens is 955 g/mol. The fourth-order valence-electron chi connectivity index (χ4n) is 7.68. The Morgan fingerprint density at radius 1 is 0.444 bits per heavy atom. The third-order valence-electron chi connectivity index (χ3n) is 11.6. The van der Waals surface area contributed by atoms with Gasteiger partial charge in [0, 0.05) is 140 Å². The molecule has 0 aliphatic carbocycles. The first kappa shape index (κ1) is 62.5. The van der Waals surface area contributed by atoms with Crippen molar-refractivity contribution in [3.05, 3.63) is 168 Å². The first-order chi connectivity index (χ1) is 34.0. The summed E-state index contributed by atoms with van der Waals surface area (Å²) in [7, 11) is 0. The summed E-state index contributed by atoms with van der Waals surface area (Å²) in [6.07, 6.45) is 27.3. The molecule has 11 nitrogen and oxygen atoms in total. The van der Waals surface area contributed by atoms with Crippen LogP contribution in [-0.4, -0.2) is 51.9 Å². The van der Waals surface area contributed by atoms with Gasteiger partial charge in [-0.25, -0.2) is 19.9 Å². The Bertz CT molecular complexity index is 2560. The van der Waals surface area contributed by atoms with Crippen molar-refractivity contribution in [2.45, 2.75) is 200 Å². The van der Waals surface area contributed by atoms with Crippen LogP contribution in [0.5, 0.6) is 0 Å². The molecular formula is C60H94BrN11. The molecule has 7 aromatic heterocycles. The molecule has 0 saturated carbocycles. The van der Waals surface area contributed by atoms with Crippen LogP contribution in [0.15, 0.2) is 134 Å². The van der Waals surface area contributed by atoms with E-state index in [2.05, 4.69) is 269 Å². The van der Waals surface area contributed by atoms with Gasteiger partial charge < -0.3 is 32.0 Å². The summed E-state index contributed by atoms with van der Waals surface area (Å²) in [6, 6.07) is 22.6. The lowest BCUT2D eigenvalue weighted by Gasteiger charge is -2.10. The lowest BCUT2D eigenvalue weighted by Crippen LogP contribution is -2.04. The average molecular weight is 1050 g/mol. The summed E-state index contributed by atoms with van der Waals surface area (Å²) in [4.78, 5) is 16.9. The first-order valence-electron chi connectivity index (χ1n) is 26.3. The summed E-state index contributed by atoms with van der Waals surface area (Å²) in [5, 5.41) is 0. The zero-order chi connectivity index (χ0) is 54.1. The van der Waals surface area contributed by atoms with Gasteiger partial charge in [-0.3, -0.25) is 0 Å². The van der Waals surface area contributed by atoms with Crippen molar-refractivity contribution in [3.63, 3.8) is 0 Å². The highest BCUT2D eigenvalue weighted by Crippen LogP contribution is 2.20. The van der Waals surface area contributed by atoms with E-state index in [1.807, 2.05) is 66.3 Å². The molecule has 0 bridgehead atoms. The first-order valence-corrected chi connectivity index (χ1v) is 27.0. The van der Waals surface area contributed by atoms with E-state index in [9.17, 15) is 0 Å². The number of aromatic nitrogens is 11. The number of imidazole rings is 4. The van der Waals surface area contributed by atoms with Crippen LogP contribution in [0.2, 0.25) is 0 Å². The maximum atomic E-state index is 4.37. The van der Waals surface area contributed by atoms with Gasteiger partial charge in [0.2, 0.25) is 0 Å². The molecule has 0 spiro atoms. The second-order valence-electron chi connectivity index (χ2n) is 20.2. The van der Waals surface area contributed by atoms with Gasteiger partial charge in [-0.05, 0) is 182 Å². The molecule has 0 amide bonds. The highest BCUT2D eigenvalue weighted by atomic mass is 79.9. The minimum atomic E-state index is 0.452. The molecule has 0 aliphatic heterocycles. The van der Waals surface area contributed by atoms with Crippen molar-refractivity contribution in [2.75, 3.05) is 0 Å². The van der Waals surface area contributed by atoms with E-state index in [1.54, 1.807) is 0 Å². The minimum Gasteiger partial charge on any atom is -0.352 e. The molecule has 1 aromatic carbocycles. The Morgan fingerprint density at radius 3 is 1.32 bits per heavy atom. The lowest BCUT2D eigenvalue weighted by atomic mass is 10.2. The summed E-state index contributed by atoms with van der Waals surface area (Å²) in [5.41, 5.74) is 6.55. The van der Waals surface area contributed by atoms with Gasteiger partial charge in [0.1, 0.15) is 22.1 Å². The van der Waals surface area contributed by atoms with E-state index in [4.69, 9.17) is 0 Å². The molecule has 0 saturated heterocycles.